The molecule has 0 radical (unpaired) electrons. The molecule has 0 saturated carbocycles. The summed E-state index contributed by atoms with van der Waals surface area (Å²) in [6.07, 6.45) is 0. The minimum Gasteiger partial charge on any atom is -0.396 e. The molecule has 0 aliphatic carbocycles. The van der Waals surface area contributed by atoms with Gasteiger partial charge in [-0.15, -0.1) is 11.3 Å². The van der Waals surface area contributed by atoms with Crippen molar-refractivity contribution in [1.82, 2.24) is 10.2 Å². The SMILES string of the molecule is CNC(=O)c1c(NCCN(C)C)sc(C#N)c1N. The Labute approximate surface area is 110 Å². The van der Waals surface area contributed by atoms with Crippen molar-refractivity contribution in [2.75, 3.05) is 45.3 Å². The summed E-state index contributed by atoms with van der Waals surface area (Å²) in [4.78, 5) is 14.1. The lowest BCUT2D eigenvalue weighted by molar-refractivity contribution is 0.0965. The number of nitrogens with two attached hydrogens (primary N) is 1. The Morgan fingerprint density at radius 1 is 1.56 bits per heavy atom. The summed E-state index contributed by atoms with van der Waals surface area (Å²) in [5.41, 5.74) is 6.40. The maximum absolute atomic E-state index is 11.7. The summed E-state index contributed by atoms with van der Waals surface area (Å²) in [6, 6.07) is 2.00. The highest BCUT2D eigenvalue weighted by Gasteiger charge is 2.20. The number of nitrogens with zero attached hydrogens (tertiary/aromatic N) is 2. The van der Waals surface area contributed by atoms with Gasteiger partial charge in [-0.25, -0.2) is 0 Å². The number of hydrogen-bond acceptors (Lipinski definition) is 6. The van der Waals surface area contributed by atoms with Gasteiger partial charge in [-0.05, 0) is 14.1 Å². The maximum Gasteiger partial charge on any atom is 0.256 e. The van der Waals surface area contributed by atoms with E-state index in [4.69, 9.17) is 11.0 Å². The minimum absolute atomic E-state index is 0.245. The molecule has 0 bridgehead atoms. The number of carbonyl (C=O) groups is 1. The van der Waals surface area contributed by atoms with Crippen molar-refractivity contribution < 1.29 is 4.79 Å². The number of carbonyl (C=O) groups excluding carboxylic acids is 1. The molecule has 0 aromatic carbocycles. The van der Waals surface area contributed by atoms with Gasteiger partial charge in [0.2, 0.25) is 0 Å². The Bertz CT molecular complexity index is 475. The van der Waals surface area contributed by atoms with Crippen LogP contribution >= 0.6 is 11.3 Å². The van der Waals surface area contributed by atoms with Crippen LogP contribution in [-0.2, 0) is 0 Å². The van der Waals surface area contributed by atoms with Crippen molar-refractivity contribution in [2.45, 2.75) is 0 Å². The maximum atomic E-state index is 11.7. The molecule has 7 heteroatoms. The van der Waals surface area contributed by atoms with Crippen LogP contribution in [0.2, 0.25) is 0 Å². The van der Waals surface area contributed by atoms with Gasteiger partial charge >= 0.3 is 0 Å². The van der Waals surface area contributed by atoms with Gasteiger partial charge in [-0.1, -0.05) is 0 Å². The van der Waals surface area contributed by atoms with E-state index in [0.29, 0.717) is 22.0 Å². The Morgan fingerprint density at radius 3 is 2.72 bits per heavy atom. The zero-order chi connectivity index (χ0) is 13.7. The molecule has 0 aliphatic rings. The standard InChI is InChI=1S/C11H17N5OS/c1-14-10(17)8-9(13)7(6-12)18-11(8)15-4-5-16(2)3/h15H,4-5,13H2,1-3H3,(H,14,17). The second kappa shape index (κ2) is 6.23. The second-order valence-corrected chi connectivity index (χ2v) is 4.99. The fourth-order valence-corrected chi connectivity index (χ4v) is 2.34. The van der Waals surface area contributed by atoms with Crippen LogP contribution in [0, 0.1) is 11.3 Å². The molecule has 0 unspecified atom stereocenters. The first-order valence-corrected chi connectivity index (χ1v) is 6.26. The molecule has 0 aliphatic heterocycles. The normalized spacial score (nSPS) is 10.2. The average molecular weight is 267 g/mol. The van der Waals surface area contributed by atoms with E-state index in [-0.39, 0.29) is 11.6 Å². The predicted molar refractivity (Wildman–Crippen MR) is 73.9 cm³/mol. The van der Waals surface area contributed by atoms with Crippen molar-refractivity contribution in [3.05, 3.63) is 10.4 Å². The first-order valence-electron chi connectivity index (χ1n) is 5.44. The molecule has 1 aromatic rings. The second-order valence-electron chi connectivity index (χ2n) is 3.97. The van der Waals surface area contributed by atoms with Crippen molar-refractivity contribution in [2.24, 2.45) is 0 Å². The van der Waals surface area contributed by atoms with Crippen LogP contribution in [-0.4, -0.2) is 45.0 Å². The van der Waals surface area contributed by atoms with Crippen LogP contribution in [0.4, 0.5) is 10.7 Å². The molecule has 1 aromatic heterocycles. The van der Waals surface area contributed by atoms with Gasteiger partial charge in [0.25, 0.3) is 5.91 Å². The third-order valence-corrected chi connectivity index (χ3v) is 3.41. The molecule has 4 N–H and O–H groups in total. The molecule has 0 spiro atoms. The molecular weight excluding hydrogens is 250 g/mol. The number of nitriles is 1. The van der Waals surface area contributed by atoms with Gasteiger partial charge in [0.05, 0.1) is 11.3 Å². The fraction of sp³-hybridized carbons (Fsp3) is 0.455. The van der Waals surface area contributed by atoms with Crippen molar-refractivity contribution in [3.63, 3.8) is 0 Å². The fourth-order valence-electron chi connectivity index (χ4n) is 1.39. The van der Waals surface area contributed by atoms with E-state index in [0.717, 1.165) is 6.54 Å². The molecular formula is C11H17N5OS. The number of nitrogens with one attached hydrogen (secondary N) is 2. The number of amides is 1. The highest BCUT2D eigenvalue weighted by atomic mass is 32.1. The van der Waals surface area contributed by atoms with Crippen LogP contribution in [0.1, 0.15) is 15.2 Å². The van der Waals surface area contributed by atoms with E-state index in [2.05, 4.69) is 10.6 Å². The van der Waals surface area contributed by atoms with Crippen molar-refractivity contribution in [3.8, 4) is 6.07 Å². The number of hydrogen-bond donors (Lipinski definition) is 3. The predicted octanol–water partition coefficient (Wildman–Crippen LogP) is 0.535. The van der Waals surface area contributed by atoms with E-state index in [1.165, 1.54) is 18.4 Å². The lowest BCUT2D eigenvalue weighted by atomic mass is 10.2. The molecule has 0 saturated heterocycles. The summed E-state index contributed by atoms with van der Waals surface area (Å²) in [5, 5.41) is 15.2. The Balaban J connectivity index is 2.96. The van der Waals surface area contributed by atoms with Gasteiger partial charge in [0.15, 0.2) is 0 Å². The monoisotopic (exact) mass is 267 g/mol. The van der Waals surface area contributed by atoms with Crippen LogP contribution in [0.3, 0.4) is 0 Å². The van der Waals surface area contributed by atoms with Crippen LogP contribution in [0.25, 0.3) is 0 Å². The summed E-state index contributed by atoms with van der Waals surface area (Å²) in [6.45, 7) is 1.51. The molecule has 98 valence electrons. The van der Waals surface area contributed by atoms with E-state index in [1.807, 2.05) is 25.1 Å². The lowest BCUT2D eigenvalue weighted by Gasteiger charge is -2.11. The van der Waals surface area contributed by atoms with Gasteiger partial charge < -0.3 is 21.3 Å². The third-order valence-electron chi connectivity index (χ3n) is 2.35. The molecule has 1 heterocycles. The average Bonchev–Trinajstić information content (AvgIpc) is 2.64. The lowest BCUT2D eigenvalue weighted by Crippen LogP contribution is -2.23. The Morgan fingerprint density at radius 2 is 2.22 bits per heavy atom. The van der Waals surface area contributed by atoms with E-state index >= 15 is 0 Å². The highest BCUT2D eigenvalue weighted by molar-refractivity contribution is 7.17. The molecule has 18 heavy (non-hydrogen) atoms. The topological polar surface area (TPSA) is 94.2 Å². The first kappa shape index (κ1) is 14.3. The van der Waals surface area contributed by atoms with Gasteiger partial charge in [0.1, 0.15) is 15.9 Å². The zero-order valence-corrected chi connectivity index (χ0v) is 11.5. The number of nitrogen functional groups attached to an aromatic ring is 1. The minimum atomic E-state index is -0.280. The summed E-state index contributed by atoms with van der Waals surface area (Å²) in [7, 11) is 5.46. The summed E-state index contributed by atoms with van der Waals surface area (Å²) >= 11 is 1.20. The van der Waals surface area contributed by atoms with Gasteiger partial charge in [-0.3, -0.25) is 4.79 Å². The Hall–Kier alpha value is -1.78. The first-order chi connectivity index (χ1) is 8.51. The number of thiophene rings is 1. The van der Waals surface area contributed by atoms with Gasteiger partial charge in [-0.2, -0.15) is 5.26 Å². The van der Waals surface area contributed by atoms with Crippen LogP contribution in [0.5, 0.6) is 0 Å². The van der Waals surface area contributed by atoms with Crippen molar-refractivity contribution >= 4 is 27.9 Å². The molecule has 0 fully saturated rings. The third kappa shape index (κ3) is 3.12. The highest BCUT2D eigenvalue weighted by Crippen LogP contribution is 2.34. The van der Waals surface area contributed by atoms with E-state index < -0.39 is 0 Å². The molecule has 0 atom stereocenters. The van der Waals surface area contributed by atoms with E-state index in [1.54, 1.807) is 0 Å². The smallest absolute Gasteiger partial charge is 0.256 e. The summed E-state index contributed by atoms with van der Waals surface area (Å²) < 4.78 is 0. The molecule has 6 nitrogen and oxygen atoms in total. The number of likely N-dealkylation sites (N-methyl/N-ethyl adjacent to an activating group) is 1. The van der Waals surface area contributed by atoms with Crippen LogP contribution in [0.15, 0.2) is 0 Å². The number of rotatable bonds is 5. The van der Waals surface area contributed by atoms with Gasteiger partial charge in [0, 0.05) is 20.1 Å². The zero-order valence-electron chi connectivity index (χ0n) is 10.7. The quantitative estimate of drug-likeness (QED) is 0.723. The van der Waals surface area contributed by atoms with Crippen molar-refractivity contribution in [1.29, 1.82) is 5.26 Å². The largest absolute Gasteiger partial charge is 0.396 e. The van der Waals surface area contributed by atoms with E-state index in [9.17, 15) is 4.79 Å². The van der Waals surface area contributed by atoms with Crippen LogP contribution < -0.4 is 16.4 Å². The molecule has 1 rings (SSSR count). The Kier molecular flexibility index (Phi) is 4.95. The summed E-state index contributed by atoms with van der Waals surface area (Å²) in [5.74, 6) is -0.280. The number of anilines is 2. The molecule has 1 amide bonds.